The second kappa shape index (κ2) is 9.26. The summed E-state index contributed by atoms with van der Waals surface area (Å²) in [7, 11) is 0. The van der Waals surface area contributed by atoms with Crippen LogP contribution < -0.4 is 0 Å². The highest BCUT2D eigenvalue weighted by Crippen LogP contribution is 2.37. The van der Waals surface area contributed by atoms with Crippen LogP contribution in [0.1, 0.15) is 0 Å². The number of fused-ring (bicyclic) bond motifs is 4. The van der Waals surface area contributed by atoms with Crippen molar-refractivity contribution in [3.05, 3.63) is 134 Å². The SMILES string of the molecule is c1cc(-c2cc(-c3ccncc3)ccn2)cc(-n2c3ccccc3c3ccc(-c4nc5ccccc5s4)cc32)c1. The summed E-state index contributed by atoms with van der Waals surface area (Å²) in [5, 5.41) is 3.49. The number of rotatable bonds is 4. The zero-order chi connectivity index (χ0) is 26.5. The van der Waals surface area contributed by atoms with Gasteiger partial charge in [0, 0.05) is 46.2 Å². The molecule has 0 unspecified atom stereocenters. The number of para-hydroxylation sites is 2. The van der Waals surface area contributed by atoms with Gasteiger partial charge in [0.25, 0.3) is 0 Å². The van der Waals surface area contributed by atoms with Crippen LogP contribution in [0.4, 0.5) is 0 Å². The van der Waals surface area contributed by atoms with Crippen LogP contribution in [0.25, 0.3) is 70.7 Å². The van der Waals surface area contributed by atoms with E-state index >= 15 is 0 Å². The summed E-state index contributed by atoms with van der Waals surface area (Å²) in [5.41, 5.74) is 9.85. The van der Waals surface area contributed by atoms with E-state index in [4.69, 9.17) is 9.97 Å². The highest BCUT2D eigenvalue weighted by Gasteiger charge is 2.15. The van der Waals surface area contributed by atoms with E-state index in [0.717, 1.165) is 49.7 Å². The fourth-order valence-corrected chi connectivity index (χ4v) is 6.46. The van der Waals surface area contributed by atoms with Crippen molar-refractivity contribution < 1.29 is 0 Å². The Hall–Kier alpha value is -5.13. The molecular weight excluding hydrogens is 508 g/mol. The first-order valence-electron chi connectivity index (χ1n) is 13.2. The molecule has 0 aliphatic rings. The quantitative estimate of drug-likeness (QED) is 0.228. The minimum Gasteiger partial charge on any atom is -0.309 e. The molecule has 4 heterocycles. The molecule has 0 saturated heterocycles. The fourth-order valence-electron chi connectivity index (χ4n) is 5.49. The lowest BCUT2D eigenvalue weighted by molar-refractivity contribution is 1.18. The summed E-state index contributed by atoms with van der Waals surface area (Å²) in [6.07, 6.45) is 5.52. The van der Waals surface area contributed by atoms with E-state index in [9.17, 15) is 0 Å². The molecule has 0 radical (unpaired) electrons. The van der Waals surface area contributed by atoms with Crippen LogP contribution in [0, 0.1) is 0 Å². The number of nitrogens with zero attached hydrogens (tertiary/aromatic N) is 4. The van der Waals surface area contributed by atoms with Crippen LogP contribution in [0.2, 0.25) is 0 Å². The molecule has 188 valence electrons. The summed E-state index contributed by atoms with van der Waals surface area (Å²) in [6, 6.07) is 40.5. The van der Waals surface area contributed by atoms with Crippen molar-refractivity contribution in [2.45, 2.75) is 0 Å². The Balaban J connectivity index is 1.30. The van der Waals surface area contributed by atoms with Gasteiger partial charge in [0.05, 0.1) is 26.9 Å². The molecule has 5 heteroatoms. The van der Waals surface area contributed by atoms with Gasteiger partial charge in [-0.2, -0.15) is 0 Å². The topological polar surface area (TPSA) is 43.6 Å². The van der Waals surface area contributed by atoms with Gasteiger partial charge in [-0.3, -0.25) is 9.97 Å². The predicted molar refractivity (Wildman–Crippen MR) is 166 cm³/mol. The molecule has 0 aliphatic carbocycles. The first-order chi connectivity index (χ1) is 19.8. The molecule has 0 N–H and O–H groups in total. The van der Waals surface area contributed by atoms with Crippen LogP contribution in [-0.2, 0) is 0 Å². The van der Waals surface area contributed by atoms with Crippen molar-refractivity contribution in [1.82, 2.24) is 19.5 Å². The summed E-state index contributed by atoms with van der Waals surface area (Å²) in [4.78, 5) is 13.8. The molecule has 8 aromatic rings. The molecule has 0 spiro atoms. The van der Waals surface area contributed by atoms with Gasteiger partial charge in [-0.1, -0.05) is 54.6 Å². The zero-order valence-corrected chi connectivity index (χ0v) is 22.2. The molecule has 4 nitrogen and oxygen atoms in total. The zero-order valence-electron chi connectivity index (χ0n) is 21.4. The normalized spacial score (nSPS) is 11.5. The van der Waals surface area contributed by atoms with E-state index < -0.39 is 0 Å². The first kappa shape index (κ1) is 22.8. The van der Waals surface area contributed by atoms with Crippen LogP contribution in [0.3, 0.4) is 0 Å². The van der Waals surface area contributed by atoms with Crippen molar-refractivity contribution in [2.75, 3.05) is 0 Å². The summed E-state index contributed by atoms with van der Waals surface area (Å²) in [5.74, 6) is 0. The molecule has 0 bridgehead atoms. The van der Waals surface area contributed by atoms with Gasteiger partial charge in [0.15, 0.2) is 0 Å². The van der Waals surface area contributed by atoms with E-state index in [2.05, 4.69) is 101 Å². The Kier molecular flexibility index (Phi) is 5.28. The van der Waals surface area contributed by atoms with Gasteiger partial charge in [0.1, 0.15) is 5.01 Å². The summed E-state index contributed by atoms with van der Waals surface area (Å²) in [6.45, 7) is 0. The number of aromatic nitrogens is 4. The van der Waals surface area contributed by atoms with Crippen LogP contribution in [0.5, 0.6) is 0 Å². The van der Waals surface area contributed by atoms with Gasteiger partial charge in [-0.15, -0.1) is 11.3 Å². The number of benzene rings is 4. The molecule has 0 fully saturated rings. The minimum atomic E-state index is 0.937. The molecule has 4 aromatic heterocycles. The fraction of sp³-hybridized carbons (Fsp3) is 0. The van der Waals surface area contributed by atoms with Gasteiger partial charge >= 0.3 is 0 Å². The van der Waals surface area contributed by atoms with E-state index in [0.29, 0.717) is 0 Å². The largest absolute Gasteiger partial charge is 0.309 e. The average Bonchev–Trinajstić information content (AvgIpc) is 3.61. The van der Waals surface area contributed by atoms with Crippen molar-refractivity contribution >= 4 is 43.4 Å². The Labute approximate surface area is 234 Å². The van der Waals surface area contributed by atoms with Gasteiger partial charge in [0.2, 0.25) is 0 Å². The third-order valence-corrected chi connectivity index (χ3v) is 8.47. The Bertz CT molecular complexity index is 2140. The highest BCUT2D eigenvalue weighted by atomic mass is 32.1. The predicted octanol–water partition coefficient (Wildman–Crippen LogP) is 9.18. The van der Waals surface area contributed by atoms with E-state index in [1.165, 1.54) is 21.0 Å². The van der Waals surface area contributed by atoms with Crippen molar-refractivity contribution in [1.29, 1.82) is 0 Å². The molecule has 0 amide bonds. The maximum Gasteiger partial charge on any atom is 0.124 e. The van der Waals surface area contributed by atoms with Crippen LogP contribution in [-0.4, -0.2) is 19.5 Å². The lowest BCUT2D eigenvalue weighted by Crippen LogP contribution is -1.95. The Morgan fingerprint density at radius 3 is 2.30 bits per heavy atom. The molecule has 4 aromatic carbocycles. The maximum atomic E-state index is 4.93. The van der Waals surface area contributed by atoms with E-state index in [-0.39, 0.29) is 0 Å². The number of pyridine rings is 2. The van der Waals surface area contributed by atoms with E-state index in [1.54, 1.807) is 11.3 Å². The first-order valence-corrected chi connectivity index (χ1v) is 14.0. The standard InChI is InChI=1S/C35H22N4S/c1-3-10-32-28(8-1)29-13-12-26(35-38-30-9-2-4-11-34(30)40-35)22-33(29)39(32)27-7-5-6-25(20-27)31-21-24(16-19-37-31)23-14-17-36-18-15-23/h1-22H. The summed E-state index contributed by atoms with van der Waals surface area (Å²) < 4.78 is 3.56. The van der Waals surface area contributed by atoms with Gasteiger partial charge < -0.3 is 4.57 Å². The second-order valence-electron chi connectivity index (χ2n) is 9.79. The van der Waals surface area contributed by atoms with Crippen molar-refractivity contribution in [3.8, 4) is 38.6 Å². The number of hydrogen-bond acceptors (Lipinski definition) is 4. The Morgan fingerprint density at radius 2 is 1.38 bits per heavy atom. The average molecular weight is 531 g/mol. The van der Waals surface area contributed by atoms with Gasteiger partial charge in [-0.05, 0) is 71.8 Å². The third-order valence-electron chi connectivity index (χ3n) is 7.39. The highest BCUT2D eigenvalue weighted by molar-refractivity contribution is 7.21. The molecular formula is C35H22N4S. The molecule has 40 heavy (non-hydrogen) atoms. The van der Waals surface area contributed by atoms with Crippen LogP contribution in [0.15, 0.2) is 134 Å². The van der Waals surface area contributed by atoms with E-state index in [1.807, 2.05) is 42.9 Å². The lowest BCUT2D eigenvalue weighted by Gasteiger charge is -2.11. The molecule has 0 saturated carbocycles. The second-order valence-corrected chi connectivity index (χ2v) is 10.8. The minimum absolute atomic E-state index is 0.937. The maximum absolute atomic E-state index is 4.93. The van der Waals surface area contributed by atoms with Gasteiger partial charge in [-0.25, -0.2) is 4.98 Å². The van der Waals surface area contributed by atoms with Crippen molar-refractivity contribution in [2.24, 2.45) is 0 Å². The van der Waals surface area contributed by atoms with Crippen LogP contribution >= 0.6 is 11.3 Å². The number of hydrogen-bond donors (Lipinski definition) is 0. The smallest absolute Gasteiger partial charge is 0.124 e. The van der Waals surface area contributed by atoms with Crippen molar-refractivity contribution in [3.63, 3.8) is 0 Å². The molecule has 0 aliphatic heterocycles. The molecule has 8 rings (SSSR count). The third kappa shape index (κ3) is 3.79. The Morgan fingerprint density at radius 1 is 0.550 bits per heavy atom. The molecule has 0 atom stereocenters. The summed E-state index contributed by atoms with van der Waals surface area (Å²) >= 11 is 1.73. The monoisotopic (exact) mass is 530 g/mol. The number of thiazole rings is 1. The lowest BCUT2D eigenvalue weighted by atomic mass is 10.0.